The Morgan fingerprint density at radius 3 is 2.20 bits per heavy atom. The average Bonchev–Trinajstić information content (AvgIpc) is 3.27. The van der Waals surface area contributed by atoms with Gasteiger partial charge < -0.3 is 4.57 Å². The van der Waals surface area contributed by atoms with Crippen LogP contribution in [-0.2, 0) is 7.05 Å². The number of carbonyl (C=O) groups is 1. The smallest absolute Gasteiger partial charge is 0.170 e. The molecule has 2 aromatic heterocycles. The summed E-state index contributed by atoms with van der Waals surface area (Å²) in [4.78, 5) is 20.8. The fourth-order valence-corrected chi connectivity index (χ4v) is 3.61. The number of benzene rings is 2. The van der Waals surface area contributed by atoms with Crippen molar-refractivity contribution >= 4 is 17.6 Å². The molecule has 4 aromatic rings. The summed E-state index contributed by atoms with van der Waals surface area (Å²) >= 11 is 1.35. The van der Waals surface area contributed by atoms with Crippen molar-refractivity contribution in [1.29, 1.82) is 0 Å². The van der Waals surface area contributed by atoms with Crippen LogP contribution in [0.4, 0.5) is 0 Å². The molecule has 2 aromatic carbocycles. The number of carbonyl (C=O) groups excluding carboxylic acids is 1. The van der Waals surface area contributed by atoms with Crippen molar-refractivity contribution in [3.05, 3.63) is 71.7 Å². The third-order valence-corrected chi connectivity index (χ3v) is 4.94. The molecule has 0 saturated carbocycles. The maximum atomic E-state index is 11.0. The molecule has 25 heavy (non-hydrogen) atoms. The number of nitrogens with zero attached hydrogens (tertiary/aromatic N) is 3. The lowest BCUT2D eigenvalue weighted by Crippen LogP contribution is -1.95. The van der Waals surface area contributed by atoms with E-state index in [1.807, 2.05) is 48.0 Å². The van der Waals surface area contributed by atoms with Gasteiger partial charge in [0.1, 0.15) is 0 Å². The van der Waals surface area contributed by atoms with E-state index in [1.165, 1.54) is 11.3 Å². The first-order valence-electron chi connectivity index (χ1n) is 7.87. The van der Waals surface area contributed by atoms with Gasteiger partial charge in [0.05, 0.1) is 16.3 Å². The minimum absolute atomic E-state index is 0.598. The van der Waals surface area contributed by atoms with E-state index in [9.17, 15) is 4.79 Å². The quantitative estimate of drug-likeness (QED) is 0.504. The van der Waals surface area contributed by atoms with Crippen LogP contribution in [0.25, 0.3) is 33.3 Å². The molecule has 0 unspecified atom stereocenters. The Labute approximate surface area is 149 Å². The second kappa shape index (κ2) is 6.45. The van der Waals surface area contributed by atoms with E-state index in [1.54, 1.807) is 6.20 Å². The maximum absolute atomic E-state index is 11.0. The number of hydrogen-bond donors (Lipinski definition) is 0. The van der Waals surface area contributed by atoms with Crippen LogP contribution in [0, 0.1) is 0 Å². The van der Waals surface area contributed by atoms with Crippen LogP contribution in [0.3, 0.4) is 0 Å². The number of aldehydes is 1. The van der Waals surface area contributed by atoms with Crippen LogP contribution in [0.5, 0.6) is 0 Å². The molecule has 0 aliphatic carbocycles. The van der Waals surface area contributed by atoms with E-state index in [2.05, 4.69) is 29.2 Å². The normalized spacial score (nSPS) is 10.8. The standard InChI is InChI=1S/C20H15N3OS/c1-23-18(15-10-6-3-7-11-15)17(14-8-4-2-5-9-14)22-19(23)20-21-12-16(13-24)25-20/h2-13H,1H3. The fourth-order valence-electron chi connectivity index (χ4n) is 2.86. The first-order chi connectivity index (χ1) is 12.3. The first kappa shape index (κ1) is 15.5. The summed E-state index contributed by atoms with van der Waals surface area (Å²) in [6.07, 6.45) is 2.41. The van der Waals surface area contributed by atoms with Gasteiger partial charge in [-0.1, -0.05) is 60.7 Å². The first-order valence-corrected chi connectivity index (χ1v) is 8.68. The van der Waals surface area contributed by atoms with Crippen LogP contribution in [0.1, 0.15) is 9.67 Å². The summed E-state index contributed by atoms with van der Waals surface area (Å²) in [5.74, 6) is 0.760. The van der Waals surface area contributed by atoms with Crippen LogP contribution in [0.2, 0.25) is 0 Å². The van der Waals surface area contributed by atoms with Crippen LogP contribution >= 0.6 is 11.3 Å². The molecule has 4 rings (SSSR count). The number of hydrogen-bond acceptors (Lipinski definition) is 4. The zero-order valence-corrected chi connectivity index (χ0v) is 14.4. The van der Waals surface area contributed by atoms with Crippen molar-refractivity contribution < 1.29 is 4.79 Å². The van der Waals surface area contributed by atoms with Gasteiger partial charge in [0.25, 0.3) is 0 Å². The molecule has 2 heterocycles. The molecule has 0 radical (unpaired) electrons. The van der Waals surface area contributed by atoms with Crippen molar-refractivity contribution in [2.45, 2.75) is 0 Å². The third kappa shape index (κ3) is 2.79. The van der Waals surface area contributed by atoms with Gasteiger partial charge in [0.2, 0.25) is 0 Å². The van der Waals surface area contributed by atoms with Crippen molar-refractivity contribution in [1.82, 2.24) is 14.5 Å². The lowest BCUT2D eigenvalue weighted by Gasteiger charge is -2.07. The summed E-state index contributed by atoms with van der Waals surface area (Å²) < 4.78 is 2.05. The minimum Gasteiger partial charge on any atom is -0.325 e. The Hall–Kier alpha value is -3.05. The highest BCUT2D eigenvalue weighted by Gasteiger charge is 2.20. The van der Waals surface area contributed by atoms with Crippen LogP contribution < -0.4 is 0 Å². The molecule has 0 amide bonds. The topological polar surface area (TPSA) is 47.8 Å². The van der Waals surface area contributed by atoms with Crippen molar-refractivity contribution in [3.63, 3.8) is 0 Å². The fraction of sp³-hybridized carbons (Fsp3) is 0.0500. The second-order valence-electron chi connectivity index (χ2n) is 5.61. The van der Waals surface area contributed by atoms with E-state index < -0.39 is 0 Å². The molecule has 0 atom stereocenters. The zero-order chi connectivity index (χ0) is 17.2. The summed E-state index contributed by atoms with van der Waals surface area (Å²) in [5.41, 5.74) is 4.09. The van der Waals surface area contributed by atoms with Gasteiger partial charge >= 0.3 is 0 Å². The summed E-state index contributed by atoms with van der Waals surface area (Å²) in [5, 5.41) is 0.740. The van der Waals surface area contributed by atoms with E-state index in [0.29, 0.717) is 4.88 Å². The van der Waals surface area contributed by atoms with Crippen LogP contribution in [0.15, 0.2) is 66.9 Å². The molecular formula is C20H15N3OS. The predicted octanol–water partition coefficient (Wildman–Crippen LogP) is 4.69. The monoisotopic (exact) mass is 345 g/mol. The predicted molar refractivity (Wildman–Crippen MR) is 101 cm³/mol. The highest BCUT2D eigenvalue weighted by atomic mass is 32.1. The summed E-state index contributed by atoms with van der Waals surface area (Å²) in [6.45, 7) is 0. The average molecular weight is 345 g/mol. The Balaban J connectivity index is 1.96. The minimum atomic E-state index is 0.598. The van der Waals surface area contributed by atoms with Gasteiger partial charge in [0, 0.05) is 24.4 Å². The second-order valence-corrected chi connectivity index (χ2v) is 6.67. The molecule has 122 valence electrons. The molecule has 0 aliphatic rings. The van der Waals surface area contributed by atoms with Gasteiger partial charge in [-0.15, -0.1) is 11.3 Å². The van der Waals surface area contributed by atoms with E-state index in [-0.39, 0.29) is 0 Å². The highest BCUT2D eigenvalue weighted by molar-refractivity contribution is 7.16. The van der Waals surface area contributed by atoms with Gasteiger partial charge in [-0.05, 0) is 0 Å². The van der Waals surface area contributed by atoms with E-state index in [4.69, 9.17) is 4.98 Å². The van der Waals surface area contributed by atoms with Crippen molar-refractivity contribution in [2.24, 2.45) is 7.05 Å². The van der Waals surface area contributed by atoms with Gasteiger partial charge in [0.15, 0.2) is 17.1 Å². The largest absolute Gasteiger partial charge is 0.325 e. The van der Waals surface area contributed by atoms with E-state index in [0.717, 1.165) is 39.6 Å². The Morgan fingerprint density at radius 2 is 1.60 bits per heavy atom. The Bertz CT molecular complexity index is 1020. The van der Waals surface area contributed by atoms with Gasteiger partial charge in [-0.3, -0.25) is 4.79 Å². The molecule has 0 spiro atoms. The molecule has 0 N–H and O–H groups in total. The maximum Gasteiger partial charge on any atom is 0.170 e. The van der Waals surface area contributed by atoms with Crippen LogP contribution in [-0.4, -0.2) is 20.8 Å². The molecule has 0 fully saturated rings. The summed E-state index contributed by atoms with van der Waals surface area (Å²) in [6, 6.07) is 20.3. The number of aromatic nitrogens is 3. The van der Waals surface area contributed by atoms with E-state index >= 15 is 0 Å². The summed E-state index contributed by atoms with van der Waals surface area (Å²) in [7, 11) is 1.99. The lowest BCUT2D eigenvalue weighted by molar-refractivity contribution is 0.112. The molecule has 4 nitrogen and oxygen atoms in total. The highest BCUT2D eigenvalue weighted by Crippen LogP contribution is 2.36. The molecule has 0 saturated heterocycles. The Morgan fingerprint density at radius 1 is 0.960 bits per heavy atom. The Kier molecular flexibility index (Phi) is 3.99. The van der Waals surface area contributed by atoms with Gasteiger partial charge in [-0.2, -0.15) is 0 Å². The molecule has 5 heteroatoms. The number of imidazole rings is 1. The zero-order valence-electron chi connectivity index (χ0n) is 13.6. The number of thiazole rings is 1. The van der Waals surface area contributed by atoms with Crippen molar-refractivity contribution in [3.8, 4) is 33.3 Å². The van der Waals surface area contributed by atoms with Crippen molar-refractivity contribution in [2.75, 3.05) is 0 Å². The number of rotatable bonds is 4. The van der Waals surface area contributed by atoms with Gasteiger partial charge in [-0.25, -0.2) is 9.97 Å². The lowest BCUT2D eigenvalue weighted by atomic mass is 10.1. The molecular weight excluding hydrogens is 330 g/mol. The SMILES string of the molecule is Cn1c(-c2ncc(C=O)s2)nc(-c2ccccc2)c1-c1ccccc1. The third-order valence-electron chi connectivity index (χ3n) is 4.02. The molecule has 0 aliphatic heterocycles. The molecule has 0 bridgehead atoms.